The normalized spacial score (nSPS) is 13.7. The second kappa shape index (κ2) is 5.83. The van der Waals surface area contributed by atoms with Gasteiger partial charge in [-0.05, 0) is 55.2 Å². The van der Waals surface area contributed by atoms with E-state index >= 15 is 0 Å². The zero-order valence-electron chi connectivity index (χ0n) is 11.6. The Labute approximate surface area is 123 Å². The van der Waals surface area contributed by atoms with E-state index in [0.29, 0.717) is 23.0 Å². The summed E-state index contributed by atoms with van der Waals surface area (Å²) in [5.41, 5.74) is 6.69. The number of nitrogens with zero attached hydrogens (tertiary/aromatic N) is 1. The third kappa shape index (κ3) is 3.72. The summed E-state index contributed by atoms with van der Waals surface area (Å²) in [5.74, 6) is 1.75. The van der Waals surface area contributed by atoms with E-state index in [1.807, 2.05) is 12.1 Å². The standard InChI is InChI=1S/C16H17N3O2/c17-15-8-5-13(9-18-15)19-16(20)12-3-6-14(7-4-12)21-10-11-1-2-11/h3-9,11H,1-2,10H2,(H2,17,18)(H,19,20). The van der Waals surface area contributed by atoms with Crippen molar-refractivity contribution in [3.8, 4) is 5.75 Å². The molecule has 1 amide bonds. The largest absolute Gasteiger partial charge is 0.493 e. The molecule has 1 aromatic heterocycles. The topological polar surface area (TPSA) is 77.2 Å². The number of aromatic nitrogens is 1. The monoisotopic (exact) mass is 283 g/mol. The molecule has 3 rings (SSSR count). The fraction of sp³-hybridized carbons (Fsp3) is 0.250. The van der Waals surface area contributed by atoms with Gasteiger partial charge in [-0.3, -0.25) is 4.79 Å². The SMILES string of the molecule is Nc1ccc(NC(=O)c2ccc(OCC3CC3)cc2)cn1. The van der Waals surface area contributed by atoms with E-state index in [0.717, 1.165) is 12.4 Å². The molecular formula is C16H17N3O2. The predicted molar refractivity (Wildman–Crippen MR) is 81.3 cm³/mol. The number of anilines is 2. The maximum atomic E-state index is 12.1. The summed E-state index contributed by atoms with van der Waals surface area (Å²) in [5, 5.41) is 2.77. The van der Waals surface area contributed by atoms with Crippen LogP contribution in [0.25, 0.3) is 0 Å². The lowest BCUT2D eigenvalue weighted by Gasteiger charge is -2.07. The molecule has 108 valence electrons. The highest BCUT2D eigenvalue weighted by atomic mass is 16.5. The number of hydrogen-bond donors (Lipinski definition) is 2. The number of pyridine rings is 1. The van der Waals surface area contributed by atoms with Gasteiger partial charge in [0.25, 0.3) is 5.91 Å². The summed E-state index contributed by atoms with van der Waals surface area (Å²) in [6, 6.07) is 10.5. The van der Waals surface area contributed by atoms with Crippen LogP contribution in [0.2, 0.25) is 0 Å². The van der Waals surface area contributed by atoms with E-state index in [9.17, 15) is 4.79 Å². The molecule has 1 aromatic carbocycles. The second-order valence-corrected chi connectivity index (χ2v) is 5.20. The highest BCUT2D eigenvalue weighted by Gasteiger charge is 2.21. The molecule has 1 fully saturated rings. The first-order valence-electron chi connectivity index (χ1n) is 6.96. The van der Waals surface area contributed by atoms with Gasteiger partial charge in [0.2, 0.25) is 0 Å². The van der Waals surface area contributed by atoms with Gasteiger partial charge in [0.1, 0.15) is 11.6 Å². The fourth-order valence-corrected chi connectivity index (χ4v) is 1.88. The van der Waals surface area contributed by atoms with E-state index < -0.39 is 0 Å². The highest BCUT2D eigenvalue weighted by Crippen LogP contribution is 2.29. The van der Waals surface area contributed by atoms with Crippen molar-refractivity contribution >= 4 is 17.4 Å². The molecule has 0 unspecified atom stereocenters. The minimum absolute atomic E-state index is 0.185. The molecule has 0 saturated heterocycles. The fourth-order valence-electron chi connectivity index (χ4n) is 1.88. The van der Waals surface area contributed by atoms with Crippen LogP contribution in [-0.2, 0) is 0 Å². The minimum Gasteiger partial charge on any atom is -0.493 e. The van der Waals surface area contributed by atoms with Gasteiger partial charge in [-0.25, -0.2) is 4.98 Å². The first kappa shape index (κ1) is 13.4. The van der Waals surface area contributed by atoms with E-state index in [-0.39, 0.29) is 5.91 Å². The number of amides is 1. The lowest BCUT2D eigenvalue weighted by atomic mass is 10.2. The number of nitrogen functional groups attached to an aromatic ring is 1. The number of nitrogens with one attached hydrogen (secondary N) is 1. The Kier molecular flexibility index (Phi) is 3.73. The van der Waals surface area contributed by atoms with Gasteiger partial charge in [-0.2, -0.15) is 0 Å². The van der Waals surface area contributed by atoms with Crippen molar-refractivity contribution in [1.82, 2.24) is 4.98 Å². The van der Waals surface area contributed by atoms with Crippen molar-refractivity contribution in [1.29, 1.82) is 0 Å². The van der Waals surface area contributed by atoms with Crippen LogP contribution in [0.15, 0.2) is 42.6 Å². The summed E-state index contributed by atoms with van der Waals surface area (Å²) in [6.07, 6.45) is 4.05. The molecule has 0 bridgehead atoms. The number of nitrogens with two attached hydrogens (primary N) is 1. The van der Waals surface area contributed by atoms with E-state index in [4.69, 9.17) is 10.5 Å². The van der Waals surface area contributed by atoms with Crippen molar-refractivity contribution in [2.24, 2.45) is 5.92 Å². The van der Waals surface area contributed by atoms with Crippen LogP contribution in [-0.4, -0.2) is 17.5 Å². The van der Waals surface area contributed by atoms with Gasteiger partial charge < -0.3 is 15.8 Å². The Balaban J connectivity index is 1.59. The third-order valence-electron chi connectivity index (χ3n) is 3.34. The molecule has 5 heteroatoms. The summed E-state index contributed by atoms with van der Waals surface area (Å²) in [6.45, 7) is 0.767. The maximum absolute atomic E-state index is 12.1. The quantitative estimate of drug-likeness (QED) is 0.884. The van der Waals surface area contributed by atoms with Gasteiger partial charge in [0, 0.05) is 5.56 Å². The Hall–Kier alpha value is -2.56. The predicted octanol–water partition coefficient (Wildman–Crippen LogP) is 2.70. The molecule has 1 aliphatic carbocycles. The molecule has 0 radical (unpaired) electrons. The molecule has 1 saturated carbocycles. The Morgan fingerprint density at radius 1 is 1.24 bits per heavy atom. The maximum Gasteiger partial charge on any atom is 0.255 e. The van der Waals surface area contributed by atoms with Gasteiger partial charge in [0.05, 0.1) is 18.5 Å². The van der Waals surface area contributed by atoms with Crippen LogP contribution >= 0.6 is 0 Å². The van der Waals surface area contributed by atoms with Gasteiger partial charge in [-0.15, -0.1) is 0 Å². The Morgan fingerprint density at radius 2 is 2.00 bits per heavy atom. The zero-order chi connectivity index (χ0) is 14.7. The van der Waals surface area contributed by atoms with Crippen molar-refractivity contribution in [3.05, 3.63) is 48.2 Å². The number of benzene rings is 1. The van der Waals surface area contributed by atoms with Crippen molar-refractivity contribution in [2.45, 2.75) is 12.8 Å². The summed E-state index contributed by atoms with van der Waals surface area (Å²) in [4.78, 5) is 16.0. The van der Waals surface area contributed by atoms with Crippen LogP contribution in [0, 0.1) is 5.92 Å². The average Bonchev–Trinajstić information content (AvgIpc) is 3.32. The van der Waals surface area contributed by atoms with Gasteiger partial charge >= 0.3 is 0 Å². The minimum atomic E-state index is -0.185. The second-order valence-electron chi connectivity index (χ2n) is 5.20. The smallest absolute Gasteiger partial charge is 0.255 e. The molecule has 0 atom stereocenters. The number of hydrogen-bond acceptors (Lipinski definition) is 4. The van der Waals surface area contributed by atoms with Gasteiger partial charge in [-0.1, -0.05) is 0 Å². The van der Waals surface area contributed by atoms with E-state index in [1.165, 1.54) is 19.0 Å². The van der Waals surface area contributed by atoms with Crippen LogP contribution in [0.3, 0.4) is 0 Å². The number of carbonyl (C=O) groups excluding carboxylic acids is 1. The zero-order valence-corrected chi connectivity index (χ0v) is 11.6. The van der Waals surface area contributed by atoms with E-state index in [1.54, 1.807) is 24.3 Å². The number of rotatable bonds is 5. The number of ether oxygens (including phenoxy) is 1. The summed E-state index contributed by atoms with van der Waals surface area (Å²) >= 11 is 0. The molecule has 1 heterocycles. The Bertz CT molecular complexity index is 619. The Morgan fingerprint density at radius 3 is 2.62 bits per heavy atom. The lowest BCUT2D eigenvalue weighted by molar-refractivity contribution is 0.102. The van der Waals surface area contributed by atoms with Gasteiger partial charge in [0.15, 0.2) is 0 Å². The molecule has 1 aliphatic rings. The summed E-state index contributed by atoms with van der Waals surface area (Å²) in [7, 11) is 0. The van der Waals surface area contributed by atoms with Crippen LogP contribution in [0.4, 0.5) is 11.5 Å². The highest BCUT2D eigenvalue weighted by molar-refractivity contribution is 6.04. The summed E-state index contributed by atoms with van der Waals surface area (Å²) < 4.78 is 5.64. The van der Waals surface area contributed by atoms with Crippen LogP contribution < -0.4 is 15.8 Å². The van der Waals surface area contributed by atoms with Crippen molar-refractivity contribution in [3.63, 3.8) is 0 Å². The average molecular weight is 283 g/mol. The van der Waals surface area contributed by atoms with Crippen LogP contribution in [0.1, 0.15) is 23.2 Å². The molecule has 2 aromatic rings. The molecule has 5 nitrogen and oxygen atoms in total. The van der Waals surface area contributed by atoms with Crippen LogP contribution in [0.5, 0.6) is 5.75 Å². The van der Waals surface area contributed by atoms with Crippen molar-refractivity contribution in [2.75, 3.05) is 17.7 Å². The molecular weight excluding hydrogens is 266 g/mol. The first-order chi connectivity index (χ1) is 10.2. The first-order valence-corrected chi connectivity index (χ1v) is 6.96. The van der Waals surface area contributed by atoms with E-state index in [2.05, 4.69) is 10.3 Å². The number of carbonyl (C=O) groups is 1. The molecule has 0 aliphatic heterocycles. The molecule has 21 heavy (non-hydrogen) atoms. The molecule has 0 spiro atoms. The lowest BCUT2D eigenvalue weighted by Crippen LogP contribution is -2.12. The van der Waals surface area contributed by atoms with Crippen molar-refractivity contribution < 1.29 is 9.53 Å². The molecule has 3 N–H and O–H groups in total. The third-order valence-corrected chi connectivity index (χ3v) is 3.34.